The first kappa shape index (κ1) is 23.2. The average Bonchev–Trinajstić information content (AvgIpc) is 3.51. The van der Waals surface area contributed by atoms with Gasteiger partial charge in [-0.05, 0) is 67.6 Å². The van der Waals surface area contributed by atoms with E-state index in [9.17, 15) is 4.79 Å². The summed E-state index contributed by atoms with van der Waals surface area (Å²) in [6.45, 7) is 3.35. The Morgan fingerprint density at radius 1 is 1.03 bits per heavy atom. The molecule has 0 unspecified atom stereocenters. The third-order valence-corrected chi connectivity index (χ3v) is 7.96. The fourth-order valence-corrected chi connectivity index (χ4v) is 5.84. The Morgan fingerprint density at radius 3 is 2.51 bits per heavy atom. The number of carbonyl (C=O) groups excluding carboxylic acids is 1. The van der Waals surface area contributed by atoms with Crippen LogP contribution in [0.4, 0.5) is 0 Å². The molecule has 0 aliphatic carbocycles. The van der Waals surface area contributed by atoms with Crippen molar-refractivity contribution in [3.05, 3.63) is 58.7 Å². The number of H-pyrrole nitrogens is 1. The smallest absolute Gasteiger partial charge is 0.265 e. The van der Waals surface area contributed by atoms with E-state index in [1.807, 2.05) is 36.1 Å². The molecule has 8 heteroatoms. The summed E-state index contributed by atoms with van der Waals surface area (Å²) in [6.07, 6.45) is 3.96. The summed E-state index contributed by atoms with van der Waals surface area (Å²) < 4.78 is 16.2. The molecule has 1 N–H and O–H groups in total. The summed E-state index contributed by atoms with van der Waals surface area (Å²) in [5.41, 5.74) is 4.08. The number of nitrogens with zero attached hydrogens (tertiary/aromatic N) is 2. The molecule has 0 saturated carbocycles. The van der Waals surface area contributed by atoms with Crippen LogP contribution in [0.2, 0.25) is 0 Å². The Morgan fingerprint density at radius 2 is 1.80 bits per heavy atom. The standard InChI is InChI=1S/C27H29N3O4S/c1-16-25(35-26(29-16)18-5-8-23(33-3)24(13-18)34-4)27(31)30-11-9-17(10-12-30)21-15-28-22-7-6-19(32-2)14-20(21)22/h5-8,13-15,17,28H,9-12H2,1-4H3. The molecule has 2 aromatic heterocycles. The van der Waals surface area contributed by atoms with Crippen molar-refractivity contribution < 1.29 is 19.0 Å². The van der Waals surface area contributed by atoms with Crippen LogP contribution in [0, 0.1) is 6.92 Å². The van der Waals surface area contributed by atoms with E-state index in [1.54, 1.807) is 21.3 Å². The summed E-state index contributed by atoms with van der Waals surface area (Å²) in [6, 6.07) is 11.8. The van der Waals surface area contributed by atoms with Crippen LogP contribution in [-0.4, -0.2) is 55.2 Å². The van der Waals surface area contributed by atoms with Crippen LogP contribution in [0.15, 0.2) is 42.6 Å². The van der Waals surface area contributed by atoms with Crippen LogP contribution in [-0.2, 0) is 0 Å². The number of benzene rings is 2. The third-order valence-electron chi connectivity index (χ3n) is 6.76. The number of fused-ring (bicyclic) bond motifs is 1. The first-order valence-electron chi connectivity index (χ1n) is 11.7. The van der Waals surface area contributed by atoms with Crippen molar-refractivity contribution in [2.24, 2.45) is 0 Å². The molecule has 3 heterocycles. The molecule has 7 nitrogen and oxygen atoms in total. The highest BCUT2D eigenvalue weighted by molar-refractivity contribution is 7.17. The van der Waals surface area contributed by atoms with E-state index in [2.05, 4.69) is 23.3 Å². The number of hydrogen-bond acceptors (Lipinski definition) is 6. The summed E-state index contributed by atoms with van der Waals surface area (Å²) >= 11 is 1.43. The highest BCUT2D eigenvalue weighted by Gasteiger charge is 2.28. The summed E-state index contributed by atoms with van der Waals surface area (Å²) in [4.78, 5) is 24.1. The van der Waals surface area contributed by atoms with Gasteiger partial charge in [-0.25, -0.2) is 4.98 Å². The van der Waals surface area contributed by atoms with Crippen molar-refractivity contribution in [2.45, 2.75) is 25.7 Å². The fraction of sp³-hybridized carbons (Fsp3) is 0.333. The molecule has 1 aliphatic heterocycles. The molecule has 4 aromatic rings. The van der Waals surface area contributed by atoms with Gasteiger partial charge >= 0.3 is 0 Å². The molecule has 2 aromatic carbocycles. The second kappa shape index (κ2) is 9.62. The second-order valence-electron chi connectivity index (χ2n) is 8.73. The van der Waals surface area contributed by atoms with Gasteiger partial charge in [0.25, 0.3) is 5.91 Å². The quantitative estimate of drug-likeness (QED) is 0.377. The summed E-state index contributed by atoms with van der Waals surface area (Å²) in [5.74, 6) is 2.63. The number of nitrogens with one attached hydrogen (secondary N) is 1. The van der Waals surface area contributed by atoms with Crippen LogP contribution in [0.1, 0.15) is 39.7 Å². The Labute approximate surface area is 208 Å². The largest absolute Gasteiger partial charge is 0.497 e. The number of likely N-dealkylation sites (tertiary alicyclic amines) is 1. The molecule has 1 saturated heterocycles. The first-order chi connectivity index (χ1) is 17.0. The van der Waals surface area contributed by atoms with Gasteiger partial charge in [-0.2, -0.15) is 0 Å². The van der Waals surface area contributed by atoms with Gasteiger partial charge in [0.15, 0.2) is 11.5 Å². The summed E-state index contributed by atoms with van der Waals surface area (Å²) in [5, 5.41) is 2.00. The minimum atomic E-state index is 0.0609. The molecule has 0 atom stereocenters. The number of amides is 1. The van der Waals surface area contributed by atoms with Crippen molar-refractivity contribution in [3.8, 4) is 27.8 Å². The summed E-state index contributed by atoms with van der Waals surface area (Å²) in [7, 11) is 4.91. The predicted octanol–water partition coefficient (Wildman–Crippen LogP) is 5.65. The van der Waals surface area contributed by atoms with Crippen molar-refractivity contribution in [2.75, 3.05) is 34.4 Å². The van der Waals surface area contributed by atoms with Gasteiger partial charge in [0, 0.05) is 35.8 Å². The number of aromatic nitrogens is 2. The number of hydrogen-bond donors (Lipinski definition) is 1. The lowest BCUT2D eigenvalue weighted by molar-refractivity contribution is 0.0717. The zero-order valence-corrected chi connectivity index (χ0v) is 21.2. The minimum Gasteiger partial charge on any atom is -0.497 e. The number of aromatic amines is 1. The Balaban J connectivity index is 1.31. The molecular formula is C27H29N3O4S. The molecule has 1 fully saturated rings. The Kier molecular flexibility index (Phi) is 6.38. The van der Waals surface area contributed by atoms with E-state index in [0.29, 0.717) is 22.3 Å². The van der Waals surface area contributed by atoms with Gasteiger partial charge in [0.2, 0.25) is 0 Å². The minimum absolute atomic E-state index is 0.0609. The van der Waals surface area contributed by atoms with Gasteiger partial charge in [-0.15, -0.1) is 11.3 Å². The number of methoxy groups -OCH3 is 3. The van der Waals surface area contributed by atoms with Crippen molar-refractivity contribution in [1.29, 1.82) is 0 Å². The monoisotopic (exact) mass is 491 g/mol. The van der Waals surface area contributed by atoms with E-state index in [1.165, 1.54) is 22.3 Å². The maximum atomic E-state index is 13.4. The lowest BCUT2D eigenvalue weighted by atomic mass is 9.89. The lowest BCUT2D eigenvalue weighted by Gasteiger charge is -2.31. The van der Waals surface area contributed by atoms with E-state index in [4.69, 9.17) is 19.2 Å². The van der Waals surface area contributed by atoms with Gasteiger partial charge in [-0.3, -0.25) is 4.79 Å². The highest BCUT2D eigenvalue weighted by atomic mass is 32.1. The van der Waals surface area contributed by atoms with Crippen molar-refractivity contribution in [3.63, 3.8) is 0 Å². The van der Waals surface area contributed by atoms with Gasteiger partial charge < -0.3 is 24.1 Å². The Bertz CT molecular complexity index is 1370. The maximum Gasteiger partial charge on any atom is 0.265 e. The number of rotatable bonds is 6. The SMILES string of the molecule is COc1ccc2[nH]cc(C3CCN(C(=O)c4sc(-c5ccc(OC)c(OC)c5)nc4C)CC3)c2c1. The van der Waals surface area contributed by atoms with E-state index >= 15 is 0 Å². The van der Waals surface area contributed by atoms with Crippen molar-refractivity contribution in [1.82, 2.24) is 14.9 Å². The number of carbonyl (C=O) groups is 1. The average molecular weight is 492 g/mol. The molecule has 1 amide bonds. The van der Waals surface area contributed by atoms with Crippen LogP contribution in [0.25, 0.3) is 21.5 Å². The first-order valence-corrected chi connectivity index (χ1v) is 12.5. The number of thiazole rings is 1. The van der Waals surface area contributed by atoms with E-state index < -0.39 is 0 Å². The second-order valence-corrected chi connectivity index (χ2v) is 9.72. The third kappa shape index (κ3) is 4.34. The zero-order valence-electron chi connectivity index (χ0n) is 20.4. The molecule has 0 bridgehead atoms. The molecular weight excluding hydrogens is 462 g/mol. The molecule has 35 heavy (non-hydrogen) atoms. The van der Waals surface area contributed by atoms with Gasteiger partial charge in [-0.1, -0.05) is 0 Å². The lowest BCUT2D eigenvalue weighted by Crippen LogP contribution is -2.37. The van der Waals surface area contributed by atoms with Crippen LogP contribution in [0.3, 0.4) is 0 Å². The molecule has 0 spiro atoms. The maximum absolute atomic E-state index is 13.4. The molecule has 5 rings (SSSR count). The topological polar surface area (TPSA) is 76.7 Å². The zero-order chi connectivity index (χ0) is 24.5. The van der Waals surface area contributed by atoms with Gasteiger partial charge in [0.05, 0.1) is 27.0 Å². The van der Waals surface area contributed by atoms with Crippen LogP contribution in [0.5, 0.6) is 17.2 Å². The van der Waals surface area contributed by atoms with Crippen molar-refractivity contribution >= 4 is 28.1 Å². The van der Waals surface area contributed by atoms with E-state index in [-0.39, 0.29) is 5.91 Å². The molecule has 182 valence electrons. The fourth-order valence-electron chi connectivity index (χ4n) is 4.81. The molecule has 1 aliphatic rings. The number of aryl methyl sites for hydroxylation is 1. The normalized spacial score (nSPS) is 14.3. The number of piperidine rings is 1. The molecule has 0 radical (unpaired) electrons. The van der Waals surface area contributed by atoms with E-state index in [0.717, 1.165) is 53.5 Å². The highest BCUT2D eigenvalue weighted by Crippen LogP contribution is 2.37. The van der Waals surface area contributed by atoms with Crippen LogP contribution < -0.4 is 14.2 Å². The van der Waals surface area contributed by atoms with Crippen LogP contribution >= 0.6 is 11.3 Å². The van der Waals surface area contributed by atoms with Gasteiger partial charge in [0.1, 0.15) is 15.6 Å². The predicted molar refractivity (Wildman–Crippen MR) is 138 cm³/mol. The Hall–Kier alpha value is -3.52. The number of ether oxygens (including phenoxy) is 3.